The van der Waals surface area contributed by atoms with Gasteiger partial charge in [-0.1, -0.05) is 48.6 Å². The van der Waals surface area contributed by atoms with Crippen molar-refractivity contribution in [2.24, 2.45) is 0 Å². The zero-order valence-electron chi connectivity index (χ0n) is 13.3. The molecule has 0 fully saturated rings. The average Bonchev–Trinajstić information content (AvgIpc) is 2.84. The molecular formula is C19H23NO2. The summed E-state index contributed by atoms with van der Waals surface area (Å²) in [5.41, 5.74) is -0.985. The van der Waals surface area contributed by atoms with E-state index in [0.717, 1.165) is 0 Å². The Morgan fingerprint density at radius 2 is 1.73 bits per heavy atom. The standard InChI is InChI=1S/C19H23NO2/c1-5-14-20(15-6-2)19(13-12-18(3,4)22-19)17(21)16-10-8-7-9-11-16/h5-13H,1-2,14-15H2,3-4H3. The van der Waals surface area contributed by atoms with Gasteiger partial charge in [-0.25, -0.2) is 0 Å². The van der Waals surface area contributed by atoms with E-state index in [1.807, 2.05) is 61.2 Å². The molecule has 3 heteroatoms. The lowest BCUT2D eigenvalue weighted by atomic mass is 9.98. The van der Waals surface area contributed by atoms with Crippen LogP contribution in [0.1, 0.15) is 24.2 Å². The monoisotopic (exact) mass is 297 g/mol. The molecular weight excluding hydrogens is 274 g/mol. The van der Waals surface area contributed by atoms with Crippen molar-refractivity contribution in [1.82, 2.24) is 4.90 Å². The van der Waals surface area contributed by atoms with Crippen molar-refractivity contribution in [3.8, 4) is 0 Å². The predicted octanol–water partition coefficient (Wildman–Crippen LogP) is 3.60. The number of ether oxygens (including phenoxy) is 1. The van der Waals surface area contributed by atoms with Gasteiger partial charge in [0.2, 0.25) is 11.5 Å². The number of ketones is 1. The lowest BCUT2D eigenvalue weighted by Gasteiger charge is -2.39. The molecule has 1 atom stereocenters. The molecule has 0 aliphatic carbocycles. The first-order valence-corrected chi connectivity index (χ1v) is 7.42. The average molecular weight is 297 g/mol. The van der Waals surface area contributed by atoms with E-state index in [2.05, 4.69) is 13.2 Å². The summed E-state index contributed by atoms with van der Waals surface area (Å²) in [5.74, 6) is -0.0707. The molecule has 116 valence electrons. The van der Waals surface area contributed by atoms with E-state index in [1.54, 1.807) is 12.2 Å². The molecule has 1 aliphatic rings. The molecule has 0 radical (unpaired) electrons. The van der Waals surface area contributed by atoms with Crippen LogP contribution in [-0.2, 0) is 4.74 Å². The third kappa shape index (κ3) is 3.11. The van der Waals surface area contributed by atoms with Crippen LogP contribution in [-0.4, -0.2) is 35.1 Å². The van der Waals surface area contributed by atoms with Gasteiger partial charge >= 0.3 is 0 Å². The van der Waals surface area contributed by atoms with E-state index in [9.17, 15) is 4.79 Å². The Hall–Kier alpha value is -1.97. The number of rotatable bonds is 7. The molecule has 22 heavy (non-hydrogen) atoms. The summed E-state index contributed by atoms with van der Waals surface area (Å²) in [7, 11) is 0. The SMILES string of the molecule is C=CCN(CC=C)C1(C(=O)c2ccccc2)C=CC(C)(C)O1. The molecule has 0 N–H and O–H groups in total. The lowest BCUT2D eigenvalue weighted by molar-refractivity contribution is -0.123. The molecule has 0 aromatic heterocycles. The second-order valence-corrected chi connectivity index (χ2v) is 5.91. The van der Waals surface area contributed by atoms with Crippen molar-refractivity contribution in [3.05, 3.63) is 73.4 Å². The van der Waals surface area contributed by atoms with E-state index in [-0.39, 0.29) is 5.78 Å². The minimum Gasteiger partial charge on any atom is -0.339 e. The highest BCUT2D eigenvalue weighted by molar-refractivity contribution is 6.04. The highest BCUT2D eigenvalue weighted by Gasteiger charge is 2.49. The number of hydrogen-bond donors (Lipinski definition) is 0. The molecule has 1 aromatic rings. The van der Waals surface area contributed by atoms with Crippen molar-refractivity contribution in [3.63, 3.8) is 0 Å². The van der Waals surface area contributed by atoms with Crippen molar-refractivity contribution in [1.29, 1.82) is 0 Å². The maximum Gasteiger partial charge on any atom is 0.214 e. The van der Waals surface area contributed by atoms with Gasteiger partial charge in [-0.15, -0.1) is 13.2 Å². The summed E-state index contributed by atoms with van der Waals surface area (Å²) in [6.45, 7) is 12.5. The number of benzene rings is 1. The molecule has 0 amide bonds. The van der Waals surface area contributed by atoms with Crippen molar-refractivity contribution in [2.45, 2.75) is 25.2 Å². The summed E-state index contributed by atoms with van der Waals surface area (Å²) in [6.07, 6.45) is 7.33. The summed E-state index contributed by atoms with van der Waals surface area (Å²) in [6, 6.07) is 9.23. The van der Waals surface area contributed by atoms with Crippen molar-refractivity contribution < 1.29 is 9.53 Å². The molecule has 0 bridgehead atoms. The van der Waals surface area contributed by atoms with Crippen LogP contribution in [0.2, 0.25) is 0 Å². The minimum absolute atomic E-state index is 0.0707. The first-order chi connectivity index (χ1) is 10.4. The number of nitrogens with zero attached hydrogens (tertiary/aromatic N) is 1. The summed E-state index contributed by atoms with van der Waals surface area (Å²) in [4.78, 5) is 15.1. The van der Waals surface area contributed by atoms with Crippen LogP contribution in [0.4, 0.5) is 0 Å². The van der Waals surface area contributed by atoms with Gasteiger partial charge < -0.3 is 4.74 Å². The van der Waals surface area contributed by atoms with Crippen LogP contribution < -0.4 is 0 Å². The van der Waals surface area contributed by atoms with Gasteiger partial charge in [-0.2, -0.15) is 0 Å². The Labute approximate surface area is 132 Å². The van der Waals surface area contributed by atoms with Gasteiger partial charge in [-0.3, -0.25) is 9.69 Å². The summed E-state index contributed by atoms with van der Waals surface area (Å²) < 4.78 is 6.19. The van der Waals surface area contributed by atoms with Gasteiger partial charge in [0, 0.05) is 18.7 Å². The molecule has 1 aromatic carbocycles. The van der Waals surface area contributed by atoms with Crippen LogP contribution in [0.25, 0.3) is 0 Å². The van der Waals surface area contributed by atoms with E-state index < -0.39 is 11.3 Å². The quantitative estimate of drug-likeness (QED) is 0.569. The van der Waals surface area contributed by atoms with E-state index >= 15 is 0 Å². The van der Waals surface area contributed by atoms with Crippen LogP contribution in [0.5, 0.6) is 0 Å². The van der Waals surface area contributed by atoms with Crippen LogP contribution in [0.15, 0.2) is 67.8 Å². The van der Waals surface area contributed by atoms with Gasteiger partial charge in [0.15, 0.2) is 0 Å². The van der Waals surface area contributed by atoms with E-state index in [0.29, 0.717) is 18.7 Å². The minimum atomic E-state index is -1.12. The first kappa shape index (κ1) is 16.4. The zero-order valence-corrected chi connectivity index (χ0v) is 13.3. The number of hydrogen-bond acceptors (Lipinski definition) is 3. The summed E-state index contributed by atoms with van der Waals surface area (Å²) in [5, 5.41) is 0. The number of carbonyl (C=O) groups is 1. The van der Waals surface area contributed by atoms with Crippen LogP contribution in [0, 0.1) is 0 Å². The second-order valence-electron chi connectivity index (χ2n) is 5.91. The maximum absolute atomic E-state index is 13.2. The summed E-state index contributed by atoms with van der Waals surface area (Å²) >= 11 is 0. The third-order valence-electron chi connectivity index (χ3n) is 3.66. The third-order valence-corrected chi connectivity index (χ3v) is 3.66. The highest BCUT2D eigenvalue weighted by Crippen LogP contribution is 2.36. The Bertz CT molecular complexity index is 579. The van der Waals surface area contributed by atoms with Gasteiger partial charge in [0.25, 0.3) is 0 Å². The zero-order chi connectivity index (χ0) is 16.2. The Morgan fingerprint density at radius 3 is 2.18 bits per heavy atom. The number of Topliss-reactive ketones (excluding diaryl/α,β-unsaturated/α-hetero) is 1. The van der Waals surface area contributed by atoms with Gasteiger partial charge in [-0.05, 0) is 19.9 Å². The normalized spacial score (nSPS) is 22.7. The maximum atomic E-state index is 13.2. The van der Waals surface area contributed by atoms with Crippen molar-refractivity contribution >= 4 is 5.78 Å². The first-order valence-electron chi connectivity index (χ1n) is 7.42. The number of carbonyl (C=O) groups excluding carboxylic acids is 1. The van der Waals surface area contributed by atoms with Crippen LogP contribution in [0.3, 0.4) is 0 Å². The van der Waals surface area contributed by atoms with E-state index in [4.69, 9.17) is 4.74 Å². The fourth-order valence-electron chi connectivity index (χ4n) is 2.67. The largest absolute Gasteiger partial charge is 0.339 e. The molecule has 3 nitrogen and oxygen atoms in total. The fourth-order valence-corrected chi connectivity index (χ4v) is 2.67. The molecule has 2 rings (SSSR count). The van der Waals surface area contributed by atoms with Gasteiger partial charge in [0.1, 0.15) is 0 Å². The van der Waals surface area contributed by atoms with Crippen LogP contribution >= 0.6 is 0 Å². The molecule has 0 saturated heterocycles. The molecule has 1 aliphatic heterocycles. The molecule has 0 saturated carbocycles. The molecule has 1 heterocycles. The smallest absolute Gasteiger partial charge is 0.214 e. The van der Waals surface area contributed by atoms with Crippen molar-refractivity contribution in [2.75, 3.05) is 13.1 Å². The Kier molecular flexibility index (Phi) is 4.79. The lowest BCUT2D eigenvalue weighted by Crippen LogP contribution is -2.55. The predicted molar refractivity (Wildman–Crippen MR) is 89.8 cm³/mol. The second kappa shape index (κ2) is 6.42. The topological polar surface area (TPSA) is 29.5 Å². The highest BCUT2D eigenvalue weighted by atomic mass is 16.5. The van der Waals surface area contributed by atoms with Gasteiger partial charge in [0.05, 0.1) is 5.60 Å². The van der Waals surface area contributed by atoms with E-state index in [1.165, 1.54) is 0 Å². The Balaban J connectivity index is 2.47. The fraction of sp³-hybridized carbons (Fsp3) is 0.316. The molecule has 0 spiro atoms. The Morgan fingerprint density at radius 1 is 1.14 bits per heavy atom. The molecule has 1 unspecified atom stereocenters.